The van der Waals surface area contributed by atoms with E-state index in [0.29, 0.717) is 18.4 Å². The third-order valence-corrected chi connectivity index (χ3v) is 3.84. The van der Waals surface area contributed by atoms with E-state index < -0.39 is 11.7 Å². The van der Waals surface area contributed by atoms with Gasteiger partial charge in [-0.15, -0.1) is 0 Å². The van der Waals surface area contributed by atoms with Crippen LogP contribution in [0.1, 0.15) is 24.0 Å². The molecule has 0 heterocycles. The first-order chi connectivity index (χ1) is 9.81. The van der Waals surface area contributed by atoms with Gasteiger partial charge in [-0.25, -0.2) is 0 Å². The monoisotopic (exact) mass is 322 g/mol. The van der Waals surface area contributed by atoms with Crippen LogP contribution in [-0.4, -0.2) is 19.2 Å². The molecule has 21 heavy (non-hydrogen) atoms. The van der Waals surface area contributed by atoms with Gasteiger partial charge in [-0.3, -0.25) is 4.79 Å². The fraction of sp³-hybridized carbons (Fsp3) is 0.500. The fourth-order valence-corrected chi connectivity index (χ4v) is 2.34. The molecule has 0 N–H and O–H groups in total. The van der Waals surface area contributed by atoms with Crippen molar-refractivity contribution in [1.29, 1.82) is 0 Å². The smallest absolute Gasteiger partial charge is 0.416 e. The predicted molar refractivity (Wildman–Crippen MR) is 69.8 cm³/mol. The Kier molecular flexibility index (Phi) is 4.78. The number of esters is 1. The average Bonchev–Trinajstić information content (AvgIpc) is 2.36. The zero-order chi connectivity index (χ0) is 15.6. The van der Waals surface area contributed by atoms with Gasteiger partial charge in [0.1, 0.15) is 0 Å². The highest BCUT2D eigenvalue weighted by molar-refractivity contribution is 6.31. The number of hydrogen-bond acceptors (Lipinski definition) is 3. The lowest BCUT2D eigenvalue weighted by molar-refractivity contribution is -0.155. The highest BCUT2D eigenvalue weighted by Gasteiger charge is 2.36. The average molecular weight is 323 g/mol. The van der Waals surface area contributed by atoms with Crippen LogP contribution in [0.15, 0.2) is 18.2 Å². The highest BCUT2D eigenvalue weighted by Crippen LogP contribution is 2.34. The molecule has 1 saturated carbocycles. The van der Waals surface area contributed by atoms with Gasteiger partial charge in [-0.05, 0) is 30.5 Å². The van der Waals surface area contributed by atoms with Crippen molar-refractivity contribution in [1.82, 2.24) is 0 Å². The SMILES string of the molecule is COC(=O)C1CC(OCc2ccc(C(F)(F)F)cc2Cl)C1. The quantitative estimate of drug-likeness (QED) is 0.790. The molecule has 0 aromatic heterocycles. The predicted octanol–water partition coefficient (Wildman–Crippen LogP) is 3.83. The third kappa shape index (κ3) is 3.89. The Balaban J connectivity index is 1.86. The van der Waals surface area contributed by atoms with Crippen LogP contribution >= 0.6 is 11.6 Å². The number of rotatable bonds is 4. The number of carbonyl (C=O) groups is 1. The maximum absolute atomic E-state index is 12.5. The van der Waals surface area contributed by atoms with Gasteiger partial charge in [0, 0.05) is 5.02 Å². The van der Waals surface area contributed by atoms with E-state index in [1.54, 1.807) is 0 Å². The summed E-state index contributed by atoms with van der Waals surface area (Å²) in [6.45, 7) is 0.121. The van der Waals surface area contributed by atoms with Crippen LogP contribution in [-0.2, 0) is 27.1 Å². The molecule has 0 aliphatic heterocycles. The minimum absolute atomic E-state index is 0.0219. The maximum atomic E-state index is 12.5. The number of carbonyl (C=O) groups excluding carboxylic acids is 1. The zero-order valence-electron chi connectivity index (χ0n) is 11.2. The third-order valence-electron chi connectivity index (χ3n) is 3.48. The molecule has 0 radical (unpaired) electrons. The molecule has 0 atom stereocenters. The van der Waals surface area contributed by atoms with Gasteiger partial charge >= 0.3 is 12.1 Å². The molecule has 1 fully saturated rings. The highest BCUT2D eigenvalue weighted by atomic mass is 35.5. The Morgan fingerprint density at radius 1 is 1.38 bits per heavy atom. The van der Waals surface area contributed by atoms with Crippen molar-refractivity contribution in [2.45, 2.75) is 31.7 Å². The molecule has 1 aromatic rings. The summed E-state index contributed by atoms with van der Waals surface area (Å²) in [5.74, 6) is -0.412. The van der Waals surface area contributed by atoms with Crippen molar-refractivity contribution >= 4 is 17.6 Å². The molecule has 0 amide bonds. The van der Waals surface area contributed by atoms with Crippen LogP contribution in [0, 0.1) is 5.92 Å². The van der Waals surface area contributed by atoms with Crippen molar-refractivity contribution in [3.8, 4) is 0 Å². The first-order valence-electron chi connectivity index (χ1n) is 6.36. The molecule has 0 unspecified atom stereocenters. The summed E-state index contributed by atoms with van der Waals surface area (Å²) in [5, 5.41) is 0.0219. The first-order valence-corrected chi connectivity index (χ1v) is 6.74. The largest absolute Gasteiger partial charge is 0.469 e. The normalized spacial score (nSPS) is 21.8. The lowest BCUT2D eigenvalue weighted by Crippen LogP contribution is -2.36. The van der Waals surface area contributed by atoms with Crippen LogP contribution in [0.4, 0.5) is 13.2 Å². The summed E-state index contributed by atoms with van der Waals surface area (Å²) >= 11 is 5.83. The van der Waals surface area contributed by atoms with Crippen molar-refractivity contribution in [2.75, 3.05) is 7.11 Å². The van der Waals surface area contributed by atoms with E-state index in [9.17, 15) is 18.0 Å². The van der Waals surface area contributed by atoms with Crippen LogP contribution in [0.5, 0.6) is 0 Å². The van der Waals surface area contributed by atoms with Crippen LogP contribution in [0.2, 0.25) is 5.02 Å². The minimum Gasteiger partial charge on any atom is -0.469 e. The Morgan fingerprint density at radius 3 is 2.57 bits per heavy atom. The first kappa shape index (κ1) is 16.1. The lowest BCUT2D eigenvalue weighted by atomic mass is 9.82. The zero-order valence-corrected chi connectivity index (χ0v) is 12.0. The molecule has 0 bridgehead atoms. The Hall–Kier alpha value is -1.27. The summed E-state index contributed by atoms with van der Waals surface area (Å²) in [6, 6.07) is 3.17. The standard InChI is InChI=1S/C14H14ClF3O3/c1-20-13(19)9-4-11(5-9)21-7-8-2-3-10(6-12(8)15)14(16,17)18/h2-3,6,9,11H,4-5,7H2,1H3. The summed E-state index contributed by atoms with van der Waals surface area (Å²) in [4.78, 5) is 11.2. The molecular formula is C14H14ClF3O3. The summed E-state index contributed by atoms with van der Waals surface area (Å²) in [7, 11) is 1.33. The second-order valence-corrected chi connectivity index (χ2v) is 5.34. The molecule has 1 aromatic carbocycles. The number of alkyl halides is 3. The Labute approximate surface area is 125 Å². The van der Waals surface area contributed by atoms with E-state index in [4.69, 9.17) is 16.3 Å². The lowest BCUT2D eigenvalue weighted by Gasteiger charge is -2.33. The number of halogens is 4. The van der Waals surface area contributed by atoms with E-state index in [1.165, 1.54) is 13.2 Å². The fourth-order valence-electron chi connectivity index (χ4n) is 2.11. The van der Waals surface area contributed by atoms with E-state index in [-0.39, 0.29) is 29.6 Å². The number of methoxy groups -OCH3 is 1. The maximum Gasteiger partial charge on any atom is 0.416 e. The van der Waals surface area contributed by atoms with Crippen molar-refractivity contribution in [2.24, 2.45) is 5.92 Å². The molecule has 2 rings (SSSR count). The van der Waals surface area contributed by atoms with Crippen LogP contribution in [0.3, 0.4) is 0 Å². The molecular weight excluding hydrogens is 309 g/mol. The summed E-state index contributed by atoms with van der Waals surface area (Å²) < 4.78 is 47.6. The van der Waals surface area contributed by atoms with Gasteiger partial charge in [0.15, 0.2) is 0 Å². The van der Waals surface area contributed by atoms with Gasteiger partial charge in [0.2, 0.25) is 0 Å². The second-order valence-electron chi connectivity index (χ2n) is 4.93. The molecule has 3 nitrogen and oxygen atoms in total. The van der Waals surface area contributed by atoms with Crippen LogP contribution in [0.25, 0.3) is 0 Å². The number of ether oxygens (including phenoxy) is 2. The number of hydrogen-bond donors (Lipinski definition) is 0. The van der Waals surface area contributed by atoms with E-state index in [0.717, 1.165) is 12.1 Å². The Bertz CT molecular complexity index is 525. The second kappa shape index (κ2) is 6.23. The molecule has 1 aliphatic rings. The molecule has 7 heteroatoms. The summed E-state index contributed by atoms with van der Waals surface area (Å²) in [5.41, 5.74) is -0.295. The molecule has 0 saturated heterocycles. The van der Waals surface area contributed by atoms with Crippen LogP contribution < -0.4 is 0 Å². The van der Waals surface area contributed by atoms with Crippen molar-refractivity contribution in [3.05, 3.63) is 34.3 Å². The van der Waals surface area contributed by atoms with Gasteiger partial charge < -0.3 is 9.47 Å². The molecule has 1 aliphatic carbocycles. The number of benzene rings is 1. The van der Waals surface area contributed by atoms with Gasteiger partial charge in [0.05, 0.1) is 31.3 Å². The van der Waals surface area contributed by atoms with E-state index in [1.807, 2.05) is 0 Å². The van der Waals surface area contributed by atoms with E-state index >= 15 is 0 Å². The van der Waals surface area contributed by atoms with Crippen molar-refractivity contribution in [3.63, 3.8) is 0 Å². The topological polar surface area (TPSA) is 35.5 Å². The van der Waals surface area contributed by atoms with E-state index in [2.05, 4.69) is 4.74 Å². The molecule has 116 valence electrons. The van der Waals surface area contributed by atoms with Gasteiger partial charge in [-0.1, -0.05) is 17.7 Å². The minimum atomic E-state index is -4.41. The Morgan fingerprint density at radius 2 is 2.05 bits per heavy atom. The molecule has 0 spiro atoms. The summed E-state index contributed by atoms with van der Waals surface area (Å²) in [6.07, 6.45) is -3.38. The van der Waals surface area contributed by atoms with Gasteiger partial charge in [-0.2, -0.15) is 13.2 Å². The van der Waals surface area contributed by atoms with Crippen molar-refractivity contribution < 1.29 is 27.4 Å². The van der Waals surface area contributed by atoms with Gasteiger partial charge in [0.25, 0.3) is 0 Å².